The first-order valence-electron chi connectivity index (χ1n) is 32.0. The molecule has 0 amide bonds. The van der Waals surface area contributed by atoms with Gasteiger partial charge in [-0.25, -0.2) is 0 Å². The molecule has 0 saturated heterocycles. The first kappa shape index (κ1) is 53.2. The largest absolute Gasteiger partial charge is 0.309 e. The van der Waals surface area contributed by atoms with Crippen molar-refractivity contribution in [1.82, 2.24) is 33.2 Å². The SMILES string of the molecule is c1ccc(-c2cc(-c3ccccc3)cc(-c3cccc(-c4nc(-n5c6ccccc6c6cc(-c7ccc8c9ccccc9n(-c9ccccc9)c8c7)ccc65)nc(-n5c6ccccc6c6cc(-c7ccc8c9ccccc9n(-c9ccccc9)c8c7)ccc65)n4)c3)c2)cc1. The fourth-order valence-corrected chi connectivity index (χ4v) is 14.7. The second-order valence-electron chi connectivity index (χ2n) is 24.4. The van der Waals surface area contributed by atoms with E-state index in [2.05, 4.69) is 352 Å². The van der Waals surface area contributed by atoms with Crippen LogP contribution in [0, 0.1) is 0 Å². The number of rotatable bonds is 10. The molecule has 438 valence electrons. The number of hydrogen-bond donors (Lipinski definition) is 0. The maximum absolute atomic E-state index is 5.66. The Morgan fingerprint density at radius 1 is 0.160 bits per heavy atom. The zero-order chi connectivity index (χ0) is 61.8. The van der Waals surface area contributed by atoms with Gasteiger partial charge in [-0.1, -0.05) is 224 Å². The van der Waals surface area contributed by atoms with E-state index in [4.69, 9.17) is 15.0 Å². The van der Waals surface area contributed by atoms with E-state index in [0.717, 1.165) is 127 Å². The van der Waals surface area contributed by atoms with Crippen molar-refractivity contribution >= 4 is 87.2 Å². The highest BCUT2D eigenvalue weighted by molar-refractivity contribution is 6.14. The molecule has 19 rings (SSSR count). The number of hydrogen-bond acceptors (Lipinski definition) is 3. The number of para-hydroxylation sites is 6. The molecule has 0 aliphatic heterocycles. The van der Waals surface area contributed by atoms with Crippen LogP contribution in [0.25, 0.3) is 178 Å². The van der Waals surface area contributed by atoms with Crippen molar-refractivity contribution in [3.8, 4) is 90.3 Å². The lowest BCUT2D eigenvalue weighted by atomic mass is 9.93. The van der Waals surface area contributed by atoms with Crippen LogP contribution in [-0.4, -0.2) is 33.2 Å². The monoisotopic (exact) mass is 1200 g/mol. The van der Waals surface area contributed by atoms with Gasteiger partial charge < -0.3 is 9.13 Å². The first-order valence-corrected chi connectivity index (χ1v) is 32.0. The predicted molar refractivity (Wildman–Crippen MR) is 390 cm³/mol. The quantitative estimate of drug-likeness (QED) is 0.137. The molecule has 0 fully saturated rings. The molecule has 0 aliphatic rings. The van der Waals surface area contributed by atoms with Gasteiger partial charge in [-0.2, -0.15) is 15.0 Å². The third kappa shape index (κ3) is 8.63. The van der Waals surface area contributed by atoms with Gasteiger partial charge >= 0.3 is 0 Å². The van der Waals surface area contributed by atoms with Crippen molar-refractivity contribution in [2.45, 2.75) is 0 Å². The van der Waals surface area contributed by atoms with Crippen LogP contribution in [0.4, 0.5) is 0 Å². The number of aromatic nitrogens is 7. The molecule has 7 nitrogen and oxygen atoms in total. The van der Waals surface area contributed by atoms with Crippen molar-refractivity contribution < 1.29 is 0 Å². The van der Waals surface area contributed by atoms with Crippen LogP contribution in [0.2, 0.25) is 0 Å². The number of nitrogens with zero attached hydrogens (tertiary/aromatic N) is 7. The molecular formula is C87H55N7. The topological polar surface area (TPSA) is 58.4 Å². The molecule has 0 saturated carbocycles. The van der Waals surface area contributed by atoms with Crippen molar-refractivity contribution in [1.29, 1.82) is 0 Å². The Kier molecular flexibility index (Phi) is 12.1. The third-order valence-corrected chi connectivity index (χ3v) is 19.0. The van der Waals surface area contributed by atoms with Crippen LogP contribution < -0.4 is 0 Å². The maximum Gasteiger partial charge on any atom is 0.240 e. The number of fused-ring (bicyclic) bond motifs is 12. The molecule has 0 aliphatic carbocycles. The Morgan fingerprint density at radius 2 is 0.457 bits per heavy atom. The average Bonchev–Trinajstić information content (AvgIpc) is 1.58. The molecule has 7 heteroatoms. The summed E-state index contributed by atoms with van der Waals surface area (Å²) in [5.74, 6) is 1.58. The lowest BCUT2D eigenvalue weighted by Gasteiger charge is -2.14. The van der Waals surface area contributed by atoms with E-state index in [-0.39, 0.29) is 0 Å². The zero-order valence-electron chi connectivity index (χ0n) is 50.9. The third-order valence-electron chi connectivity index (χ3n) is 19.0. The highest BCUT2D eigenvalue weighted by Gasteiger charge is 2.24. The average molecular weight is 1200 g/mol. The molecule has 0 atom stereocenters. The van der Waals surface area contributed by atoms with E-state index in [0.29, 0.717) is 17.7 Å². The molecule has 19 aromatic rings. The van der Waals surface area contributed by atoms with E-state index in [1.54, 1.807) is 0 Å². The van der Waals surface area contributed by atoms with E-state index in [1.165, 1.54) is 32.6 Å². The van der Waals surface area contributed by atoms with Crippen molar-refractivity contribution in [2.75, 3.05) is 0 Å². The van der Waals surface area contributed by atoms with Gasteiger partial charge in [0, 0.05) is 60.0 Å². The van der Waals surface area contributed by atoms with E-state index >= 15 is 0 Å². The molecule has 94 heavy (non-hydrogen) atoms. The Bertz CT molecular complexity index is 5860. The maximum atomic E-state index is 5.66. The Labute approximate surface area is 541 Å². The van der Waals surface area contributed by atoms with Crippen molar-refractivity contribution in [2.24, 2.45) is 0 Å². The van der Waals surface area contributed by atoms with Crippen LogP contribution in [0.5, 0.6) is 0 Å². The minimum absolute atomic E-state index is 0.514. The lowest BCUT2D eigenvalue weighted by Crippen LogP contribution is -2.10. The van der Waals surface area contributed by atoms with Crippen LogP contribution >= 0.6 is 0 Å². The highest BCUT2D eigenvalue weighted by atomic mass is 15.3. The van der Waals surface area contributed by atoms with E-state index < -0.39 is 0 Å². The summed E-state index contributed by atoms with van der Waals surface area (Å²) < 4.78 is 9.24. The normalized spacial score (nSPS) is 11.8. The van der Waals surface area contributed by atoms with Crippen LogP contribution in [0.1, 0.15) is 0 Å². The molecule has 0 radical (unpaired) electrons. The second-order valence-corrected chi connectivity index (χ2v) is 24.4. The Morgan fingerprint density at radius 3 is 0.904 bits per heavy atom. The molecule has 5 aromatic heterocycles. The van der Waals surface area contributed by atoms with Gasteiger partial charge in [0.2, 0.25) is 11.9 Å². The molecule has 0 N–H and O–H groups in total. The van der Waals surface area contributed by atoms with Crippen LogP contribution in [0.15, 0.2) is 334 Å². The smallest absolute Gasteiger partial charge is 0.240 e. The Hall–Kier alpha value is -12.7. The summed E-state index contributed by atoms with van der Waals surface area (Å²) in [6.45, 7) is 0. The highest BCUT2D eigenvalue weighted by Crippen LogP contribution is 2.42. The van der Waals surface area contributed by atoms with Crippen LogP contribution in [-0.2, 0) is 0 Å². The fourth-order valence-electron chi connectivity index (χ4n) is 14.7. The molecule has 0 unspecified atom stereocenters. The van der Waals surface area contributed by atoms with Gasteiger partial charge in [0.25, 0.3) is 0 Å². The zero-order valence-corrected chi connectivity index (χ0v) is 50.9. The Balaban J connectivity index is 0.807. The van der Waals surface area contributed by atoms with Crippen LogP contribution in [0.3, 0.4) is 0 Å². The van der Waals surface area contributed by atoms with Crippen molar-refractivity contribution in [3.63, 3.8) is 0 Å². The molecule has 0 bridgehead atoms. The molecule has 0 spiro atoms. The summed E-state index contributed by atoms with van der Waals surface area (Å²) in [6, 6.07) is 120. The van der Waals surface area contributed by atoms with Crippen molar-refractivity contribution in [3.05, 3.63) is 334 Å². The van der Waals surface area contributed by atoms with Gasteiger partial charge in [-0.3, -0.25) is 9.13 Å². The second kappa shape index (κ2) is 21.5. The summed E-state index contributed by atoms with van der Waals surface area (Å²) in [5, 5.41) is 9.29. The van der Waals surface area contributed by atoms with E-state index in [1.807, 2.05) is 0 Å². The summed E-state index contributed by atoms with van der Waals surface area (Å²) in [5.41, 5.74) is 23.0. The standard InChI is InChI=1S/C87H55N7/c1-5-22-56(23-6-1)64-49-65(57-24-7-2-8-25-57)51-66(50-64)58-26-21-27-63(48-58)85-88-86(93-79-38-19-15-34-71(79)75-52-59(42-46-81(75)93)61-40-44-73-69-32-13-17-36-77(69)91(83(73)54-61)67-28-9-3-10-29-67)90-87(89-85)94-80-39-20-16-35-72(80)76-53-60(43-47-82(76)94)62-41-45-74-70-33-14-18-37-78(70)92(84(74)55-62)68-30-11-4-12-31-68/h1-55H. The summed E-state index contributed by atoms with van der Waals surface area (Å²) in [6.07, 6.45) is 0. The molecule has 5 heterocycles. The van der Waals surface area contributed by atoms with Gasteiger partial charge in [0.15, 0.2) is 5.82 Å². The first-order chi connectivity index (χ1) is 46.6. The molecular weight excluding hydrogens is 1140 g/mol. The predicted octanol–water partition coefficient (Wildman–Crippen LogP) is 22.3. The number of benzene rings is 14. The van der Waals surface area contributed by atoms with Gasteiger partial charge in [0.1, 0.15) is 0 Å². The molecule has 14 aromatic carbocycles. The van der Waals surface area contributed by atoms with Gasteiger partial charge in [-0.15, -0.1) is 0 Å². The lowest BCUT2D eigenvalue weighted by molar-refractivity contribution is 0.893. The summed E-state index contributed by atoms with van der Waals surface area (Å²) >= 11 is 0. The minimum Gasteiger partial charge on any atom is -0.309 e. The fraction of sp³-hybridized carbons (Fsp3) is 0. The summed E-state index contributed by atoms with van der Waals surface area (Å²) in [4.78, 5) is 16.9. The minimum atomic E-state index is 0.514. The summed E-state index contributed by atoms with van der Waals surface area (Å²) in [7, 11) is 0. The van der Waals surface area contributed by atoms with Gasteiger partial charge in [-0.05, 0) is 165 Å². The van der Waals surface area contributed by atoms with E-state index in [9.17, 15) is 0 Å². The van der Waals surface area contributed by atoms with Gasteiger partial charge in [0.05, 0.1) is 44.1 Å².